The number of aromatic amines is 1. The number of nitrogens with one attached hydrogen (secondary N) is 2. The van der Waals surface area contributed by atoms with Crippen LogP contribution in [0.2, 0.25) is 10.0 Å². The van der Waals surface area contributed by atoms with E-state index in [-0.39, 0.29) is 15.7 Å². The lowest BCUT2D eigenvalue weighted by atomic mass is 10.1. The molecule has 122 valence electrons. The molecule has 0 bridgehead atoms. The number of hydrogen-bond donors (Lipinski definition) is 2. The molecule has 0 atom stereocenters. The Balaban J connectivity index is 2.22. The molecule has 2 aromatic rings. The van der Waals surface area contributed by atoms with Gasteiger partial charge in [0.05, 0.1) is 6.42 Å². The molecular formula is C13H8Cl2F3N3O2. The van der Waals surface area contributed by atoms with Crippen molar-refractivity contribution in [2.24, 2.45) is 0 Å². The summed E-state index contributed by atoms with van der Waals surface area (Å²) in [6.07, 6.45) is -4.73. The molecular weight excluding hydrogens is 358 g/mol. The third-order valence-electron chi connectivity index (χ3n) is 2.67. The summed E-state index contributed by atoms with van der Waals surface area (Å²) in [5, 5.41) is 2.89. The van der Waals surface area contributed by atoms with Gasteiger partial charge in [0.1, 0.15) is 5.69 Å². The van der Waals surface area contributed by atoms with E-state index in [0.29, 0.717) is 6.20 Å². The summed E-state index contributed by atoms with van der Waals surface area (Å²) in [5.74, 6) is -0.748. The Morgan fingerprint density at radius 1 is 1.22 bits per heavy atom. The molecule has 10 heteroatoms. The van der Waals surface area contributed by atoms with Crippen molar-refractivity contribution in [2.75, 3.05) is 5.32 Å². The standard InChI is InChI=1S/C13H8Cl2F3N3O2/c14-7-2-8(15)4-9(3-7)20-10(22)1-6-5-19-12(23)21-11(6)13(16,17)18/h2-5H,1H2,(H,20,22)(H,19,21,23). The fraction of sp³-hybridized carbons (Fsp3) is 0.154. The summed E-state index contributed by atoms with van der Waals surface area (Å²) in [4.78, 5) is 27.6. The molecule has 2 rings (SSSR count). The topological polar surface area (TPSA) is 74.8 Å². The van der Waals surface area contributed by atoms with Crippen LogP contribution in [0.1, 0.15) is 11.3 Å². The molecule has 5 nitrogen and oxygen atoms in total. The smallest absolute Gasteiger partial charge is 0.326 e. The van der Waals surface area contributed by atoms with Gasteiger partial charge >= 0.3 is 11.9 Å². The Morgan fingerprint density at radius 2 is 1.83 bits per heavy atom. The van der Waals surface area contributed by atoms with Gasteiger partial charge in [-0.15, -0.1) is 0 Å². The van der Waals surface area contributed by atoms with E-state index in [2.05, 4.69) is 10.3 Å². The fourth-order valence-corrected chi connectivity index (χ4v) is 2.34. The first kappa shape index (κ1) is 17.3. The van der Waals surface area contributed by atoms with Crippen LogP contribution in [0.25, 0.3) is 0 Å². The van der Waals surface area contributed by atoms with Crippen molar-refractivity contribution in [3.8, 4) is 0 Å². The van der Waals surface area contributed by atoms with Gasteiger partial charge in [-0.05, 0) is 18.2 Å². The van der Waals surface area contributed by atoms with E-state index in [9.17, 15) is 22.8 Å². The average molecular weight is 366 g/mol. The van der Waals surface area contributed by atoms with Gasteiger partial charge in [-0.1, -0.05) is 23.2 Å². The number of carbonyl (C=O) groups is 1. The van der Waals surface area contributed by atoms with Crippen LogP contribution in [-0.4, -0.2) is 15.9 Å². The van der Waals surface area contributed by atoms with E-state index in [0.717, 1.165) is 0 Å². The Hall–Kier alpha value is -2.06. The molecule has 1 aromatic carbocycles. The molecule has 0 fully saturated rings. The number of aromatic nitrogens is 2. The summed E-state index contributed by atoms with van der Waals surface area (Å²) < 4.78 is 38.5. The van der Waals surface area contributed by atoms with E-state index in [1.54, 1.807) is 4.98 Å². The molecule has 1 heterocycles. The zero-order chi connectivity index (χ0) is 17.2. The Kier molecular flexibility index (Phi) is 4.96. The summed E-state index contributed by atoms with van der Waals surface area (Å²) >= 11 is 11.5. The predicted octanol–water partition coefficient (Wildman–Crippen LogP) is 3.28. The maximum absolute atomic E-state index is 12.8. The van der Waals surface area contributed by atoms with E-state index < -0.39 is 35.5 Å². The van der Waals surface area contributed by atoms with E-state index in [1.807, 2.05) is 0 Å². The van der Waals surface area contributed by atoms with Crippen LogP contribution in [0.4, 0.5) is 18.9 Å². The number of hydrogen-bond acceptors (Lipinski definition) is 3. The van der Waals surface area contributed by atoms with Crippen LogP contribution in [-0.2, 0) is 17.4 Å². The molecule has 1 aromatic heterocycles. The molecule has 0 aliphatic rings. The third kappa shape index (κ3) is 4.70. The van der Waals surface area contributed by atoms with Gasteiger partial charge in [0, 0.05) is 27.5 Å². The van der Waals surface area contributed by atoms with Crippen molar-refractivity contribution >= 4 is 34.8 Å². The van der Waals surface area contributed by atoms with E-state index in [1.165, 1.54) is 18.2 Å². The number of rotatable bonds is 3. The minimum absolute atomic E-state index is 0.235. The second-order valence-corrected chi connectivity index (χ2v) is 5.34. The molecule has 0 unspecified atom stereocenters. The first-order valence-corrected chi connectivity index (χ1v) is 6.82. The molecule has 0 radical (unpaired) electrons. The van der Waals surface area contributed by atoms with Crippen molar-refractivity contribution < 1.29 is 18.0 Å². The molecule has 0 saturated carbocycles. The average Bonchev–Trinajstić information content (AvgIpc) is 2.38. The monoisotopic (exact) mass is 365 g/mol. The Bertz CT molecular complexity index is 786. The normalized spacial score (nSPS) is 11.3. The van der Waals surface area contributed by atoms with Crippen LogP contribution >= 0.6 is 23.2 Å². The molecule has 0 saturated heterocycles. The lowest BCUT2D eigenvalue weighted by molar-refractivity contribution is -0.142. The number of benzene rings is 1. The van der Waals surface area contributed by atoms with Crippen LogP contribution < -0.4 is 11.0 Å². The highest BCUT2D eigenvalue weighted by molar-refractivity contribution is 6.35. The van der Waals surface area contributed by atoms with Crippen molar-refractivity contribution in [3.63, 3.8) is 0 Å². The number of halogens is 5. The zero-order valence-corrected chi connectivity index (χ0v) is 12.7. The maximum Gasteiger partial charge on any atom is 0.431 e. The minimum Gasteiger partial charge on any atom is -0.326 e. The van der Waals surface area contributed by atoms with Crippen molar-refractivity contribution in [1.29, 1.82) is 0 Å². The van der Waals surface area contributed by atoms with Gasteiger partial charge in [-0.3, -0.25) is 4.79 Å². The van der Waals surface area contributed by atoms with Gasteiger partial charge in [0.2, 0.25) is 5.91 Å². The molecule has 0 aliphatic heterocycles. The number of carbonyl (C=O) groups excluding carboxylic acids is 1. The summed E-state index contributed by atoms with van der Waals surface area (Å²) in [5.41, 5.74) is -2.68. The number of H-pyrrole nitrogens is 1. The highest BCUT2D eigenvalue weighted by Crippen LogP contribution is 2.29. The predicted molar refractivity (Wildman–Crippen MR) is 78.7 cm³/mol. The lowest BCUT2D eigenvalue weighted by Crippen LogP contribution is -2.24. The number of alkyl halides is 3. The van der Waals surface area contributed by atoms with Gasteiger partial charge in [-0.2, -0.15) is 13.2 Å². The third-order valence-corrected chi connectivity index (χ3v) is 3.11. The summed E-state index contributed by atoms with van der Waals surface area (Å²) in [6.45, 7) is 0. The number of amides is 1. The van der Waals surface area contributed by atoms with E-state index in [4.69, 9.17) is 23.2 Å². The van der Waals surface area contributed by atoms with Crippen LogP contribution in [0.5, 0.6) is 0 Å². The van der Waals surface area contributed by atoms with Gasteiger partial charge in [0.25, 0.3) is 0 Å². The van der Waals surface area contributed by atoms with Gasteiger partial charge < -0.3 is 10.3 Å². The minimum atomic E-state index is -4.81. The summed E-state index contributed by atoms with van der Waals surface area (Å²) in [7, 11) is 0. The largest absolute Gasteiger partial charge is 0.431 e. The fourth-order valence-electron chi connectivity index (χ4n) is 1.81. The number of nitrogens with zero attached hydrogens (tertiary/aromatic N) is 1. The zero-order valence-electron chi connectivity index (χ0n) is 11.2. The van der Waals surface area contributed by atoms with Gasteiger partial charge in [0.15, 0.2) is 0 Å². The Morgan fingerprint density at radius 3 is 2.39 bits per heavy atom. The SMILES string of the molecule is O=C(Cc1cnc(=O)[nH]c1C(F)(F)F)Nc1cc(Cl)cc(Cl)c1. The molecule has 1 amide bonds. The lowest BCUT2D eigenvalue weighted by Gasteiger charge is -2.12. The maximum atomic E-state index is 12.8. The molecule has 0 aliphatic carbocycles. The Labute approximate surface area is 137 Å². The molecule has 2 N–H and O–H groups in total. The highest BCUT2D eigenvalue weighted by atomic mass is 35.5. The first-order valence-electron chi connectivity index (χ1n) is 6.06. The van der Waals surface area contributed by atoms with Crippen molar-refractivity contribution in [2.45, 2.75) is 12.6 Å². The molecule has 23 heavy (non-hydrogen) atoms. The summed E-state index contributed by atoms with van der Waals surface area (Å²) in [6, 6.07) is 4.22. The highest BCUT2D eigenvalue weighted by Gasteiger charge is 2.35. The molecule has 0 spiro atoms. The second-order valence-electron chi connectivity index (χ2n) is 4.47. The van der Waals surface area contributed by atoms with Crippen molar-refractivity contribution in [1.82, 2.24) is 9.97 Å². The van der Waals surface area contributed by atoms with Crippen LogP contribution in [0.15, 0.2) is 29.2 Å². The second kappa shape index (κ2) is 6.59. The van der Waals surface area contributed by atoms with Crippen LogP contribution in [0, 0.1) is 0 Å². The first-order chi connectivity index (χ1) is 10.6. The van der Waals surface area contributed by atoms with E-state index >= 15 is 0 Å². The van der Waals surface area contributed by atoms with Gasteiger partial charge in [-0.25, -0.2) is 9.78 Å². The number of anilines is 1. The van der Waals surface area contributed by atoms with Crippen LogP contribution in [0.3, 0.4) is 0 Å². The quantitative estimate of drug-likeness (QED) is 0.876. The van der Waals surface area contributed by atoms with Crippen molar-refractivity contribution in [3.05, 3.63) is 56.2 Å².